The van der Waals surface area contributed by atoms with Crippen LogP contribution < -0.4 is 5.32 Å². The number of carbonyl (C=O) groups excluding carboxylic acids is 1. The average molecular weight is 374 g/mol. The molecule has 0 unspecified atom stereocenters. The number of nitrogens with one attached hydrogen (secondary N) is 1. The van der Waals surface area contributed by atoms with Gasteiger partial charge in [-0.15, -0.1) is 0 Å². The van der Waals surface area contributed by atoms with Crippen LogP contribution in [0.4, 0.5) is 11.4 Å². The van der Waals surface area contributed by atoms with E-state index in [9.17, 15) is 14.9 Å². The van der Waals surface area contributed by atoms with E-state index in [2.05, 4.69) is 10.3 Å². The summed E-state index contributed by atoms with van der Waals surface area (Å²) in [5.41, 5.74) is 1.93. The number of amides is 1. The summed E-state index contributed by atoms with van der Waals surface area (Å²) in [7, 11) is 0. The Labute approximate surface area is 152 Å². The van der Waals surface area contributed by atoms with E-state index < -0.39 is 4.92 Å². The normalized spacial score (nSPS) is 17.1. The summed E-state index contributed by atoms with van der Waals surface area (Å²) in [6.45, 7) is 1.98. The number of aryl methyl sites for hydroxylation is 1. The highest BCUT2D eigenvalue weighted by atomic mass is 35.5. The van der Waals surface area contributed by atoms with Gasteiger partial charge in [-0.1, -0.05) is 41.4 Å². The zero-order valence-electron chi connectivity index (χ0n) is 13.0. The van der Waals surface area contributed by atoms with E-state index in [0.717, 1.165) is 22.9 Å². The van der Waals surface area contributed by atoms with E-state index in [4.69, 9.17) is 11.6 Å². The minimum absolute atomic E-state index is 0.133. The molecule has 126 valence electrons. The number of halogens is 1. The Morgan fingerprint density at radius 3 is 2.64 bits per heavy atom. The van der Waals surface area contributed by atoms with Gasteiger partial charge < -0.3 is 5.32 Å². The molecule has 0 saturated carbocycles. The predicted octanol–water partition coefficient (Wildman–Crippen LogP) is 4.45. The first-order chi connectivity index (χ1) is 11.9. The third-order valence-electron chi connectivity index (χ3n) is 3.38. The first-order valence-corrected chi connectivity index (χ1v) is 8.42. The first-order valence-electron chi connectivity index (χ1n) is 7.22. The zero-order chi connectivity index (χ0) is 18.0. The van der Waals surface area contributed by atoms with Crippen molar-refractivity contribution in [1.29, 1.82) is 0 Å². The maximum Gasteiger partial charge on any atom is 0.296 e. The zero-order valence-corrected chi connectivity index (χ0v) is 14.6. The van der Waals surface area contributed by atoms with Crippen LogP contribution in [0.25, 0.3) is 6.08 Å². The van der Waals surface area contributed by atoms with Crippen LogP contribution >= 0.6 is 23.4 Å². The molecule has 8 heteroatoms. The predicted molar refractivity (Wildman–Crippen MR) is 100 cm³/mol. The molecule has 0 aromatic heterocycles. The molecule has 1 amide bonds. The van der Waals surface area contributed by atoms with Gasteiger partial charge in [-0.2, -0.15) is 0 Å². The molecule has 6 nitrogen and oxygen atoms in total. The highest BCUT2D eigenvalue weighted by Crippen LogP contribution is 2.33. The number of nitro groups is 1. The van der Waals surface area contributed by atoms with Crippen molar-refractivity contribution in [3.05, 3.63) is 73.6 Å². The number of hydrogen-bond acceptors (Lipinski definition) is 5. The maximum atomic E-state index is 12.1. The smallest absolute Gasteiger partial charge is 0.296 e. The van der Waals surface area contributed by atoms with Crippen LogP contribution in [0.1, 0.15) is 11.1 Å². The Bertz CT molecular complexity index is 923. The lowest BCUT2D eigenvalue weighted by molar-refractivity contribution is -0.384. The lowest BCUT2D eigenvalue weighted by Gasteiger charge is -1.99. The second kappa shape index (κ2) is 7.08. The number of carbonyl (C=O) groups is 1. The molecule has 0 spiro atoms. The van der Waals surface area contributed by atoms with E-state index >= 15 is 0 Å². The van der Waals surface area contributed by atoms with E-state index in [1.54, 1.807) is 6.08 Å². The Balaban J connectivity index is 1.89. The van der Waals surface area contributed by atoms with E-state index in [1.807, 2.05) is 31.2 Å². The van der Waals surface area contributed by atoms with Crippen LogP contribution in [-0.4, -0.2) is 16.0 Å². The Morgan fingerprint density at radius 2 is 1.96 bits per heavy atom. The summed E-state index contributed by atoms with van der Waals surface area (Å²) in [5.74, 6) is -0.291. The number of hydrogen-bond donors (Lipinski definition) is 1. The van der Waals surface area contributed by atoms with Crippen LogP contribution in [0, 0.1) is 17.0 Å². The van der Waals surface area contributed by atoms with Gasteiger partial charge in [-0.25, -0.2) is 4.99 Å². The molecule has 2 aromatic rings. The molecule has 1 saturated heterocycles. The standard InChI is InChI=1S/C17H12ClN3O3S/c1-10-2-4-11(5-3-10)8-15-16(22)20-17(25-15)19-13-7-6-12(18)9-14(13)21(23)24/h2-9H,1H3,(H,19,20,22)/b15-8+. The van der Waals surface area contributed by atoms with Gasteiger partial charge in [0, 0.05) is 11.1 Å². The molecular formula is C17H12ClN3O3S. The molecule has 0 aliphatic carbocycles. The number of thioether (sulfide) groups is 1. The van der Waals surface area contributed by atoms with E-state index in [-0.39, 0.29) is 27.5 Å². The maximum absolute atomic E-state index is 12.1. The molecule has 0 radical (unpaired) electrons. The van der Waals surface area contributed by atoms with Crippen LogP contribution in [0.2, 0.25) is 5.02 Å². The molecule has 1 aliphatic heterocycles. The molecule has 0 atom stereocenters. The fourth-order valence-electron chi connectivity index (χ4n) is 2.14. The molecule has 2 aromatic carbocycles. The highest BCUT2D eigenvalue weighted by Gasteiger charge is 2.25. The quantitative estimate of drug-likeness (QED) is 0.489. The fourth-order valence-corrected chi connectivity index (χ4v) is 3.14. The van der Waals surface area contributed by atoms with Gasteiger partial charge in [0.1, 0.15) is 5.69 Å². The van der Waals surface area contributed by atoms with Gasteiger partial charge in [0.05, 0.1) is 9.83 Å². The number of benzene rings is 2. The second-order valence-corrected chi connectivity index (χ2v) is 6.75. The molecule has 1 heterocycles. The lowest BCUT2D eigenvalue weighted by Crippen LogP contribution is -2.19. The minimum atomic E-state index is -0.560. The summed E-state index contributed by atoms with van der Waals surface area (Å²) in [6, 6.07) is 11.9. The van der Waals surface area contributed by atoms with Crippen LogP contribution in [0.5, 0.6) is 0 Å². The lowest BCUT2D eigenvalue weighted by atomic mass is 10.1. The summed E-state index contributed by atoms with van der Waals surface area (Å²) in [6.07, 6.45) is 1.75. The largest absolute Gasteiger partial charge is 0.300 e. The van der Waals surface area contributed by atoms with E-state index in [1.165, 1.54) is 18.2 Å². The molecule has 1 N–H and O–H groups in total. The number of nitrogens with zero attached hydrogens (tertiary/aromatic N) is 2. The Hall–Kier alpha value is -2.64. The van der Waals surface area contributed by atoms with Gasteiger partial charge in [0.2, 0.25) is 0 Å². The molecule has 3 rings (SSSR count). The number of aliphatic imine (C=N–C) groups is 1. The number of rotatable bonds is 3. The average Bonchev–Trinajstić information content (AvgIpc) is 2.90. The summed E-state index contributed by atoms with van der Waals surface area (Å²) in [4.78, 5) is 27.3. The summed E-state index contributed by atoms with van der Waals surface area (Å²) < 4.78 is 0. The van der Waals surface area contributed by atoms with Crippen molar-refractivity contribution in [1.82, 2.24) is 5.32 Å². The molecule has 1 aliphatic rings. The molecule has 1 fully saturated rings. The van der Waals surface area contributed by atoms with Crippen molar-refractivity contribution in [3.63, 3.8) is 0 Å². The van der Waals surface area contributed by atoms with Crippen molar-refractivity contribution < 1.29 is 9.72 Å². The van der Waals surface area contributed by atoms with Crippen LogP contribution in [-0.2, 0) is 4.79 Å². The van der Waals surface area contributed by atoms with Crippen molar-refractivity contribution >= 4 is 51.9 Å². The van der Waals surface area contributed by atoms with Crippen molar-refractivity contribution in [2.75, 3.05) is 0 Å². The second-order valence-electron chi connectivity index (χ2n) is 5.28. The monoisotopic (exact) mass is 373 g/mol. The molecule has 0 bridgehead atoms. The number of amidine groups is 1. The van der Waals surface area contributed by atoms with Gasteiger partial charge in [-0.05, 0) is 42.5 Å². The fraction of sp³-hybridized carbons (Fsp3) is 0.0588. The SMILES string of the molecule is Cc1ccc(/C=C2/SC(=Nc3ccc(Cl)cc3[N+](=O)[O-])NC2=O)cc1. The van der Waals surface area contributed by atoms with Gasteiger partial charge in [0.25, 0.3) is 11.6 Å². The highest BCUT2D eigenvalue weighted by molar-refractivity contribution is 8.18. The van der Waals surface area contributed by atoms with Crippen molar-refractivity contribution in [2.24, 2.45) is 4.99 Å². The Kier molecular flexibility index (Phi) is 4.87. The molecule has 25 heavy (non-hydrogen) atoms. The molecular weight excluding hydrogens is 362 g/mol. The van der Waals surface area contributed by atoms with Crippen LogP contribution in [0.15, 0.2) is 52.4 Å². The number of nitro benzene ring substituents is 1. The van der Waals surface area contributed by atoms with Gasteiger partial charge in [0.15, 0.2) is 5.17 Å². The van der Waals surface area contributed by atoms with Crippen molar-refractivity contribution in [3.8, 4) is 0 Å². The summed E-state index contributed by atoms with van der Waals surface area (Å²) in [5, 5.41) is 14.3. The topological polar surface area (TPSA) is 84.6 Å². The van der Waals surface area contributed by atoms with Crippen LogP contribution in [0.3, 0.4) is 0 Å². The first kappa shape index (κ1) is 17.2. The van der Waals surface area contributed by atoms with E-state index in [0.29, 0.717) is 4.91 Å². The minimum Gasteiger partial charge on any atom is -0.300 e. The summed E-state index contributed by atoms with van der Waals surface area (Å²) >= 11 is 6.92. The third kappa shape index (κ3) is 4.07. The Morgan fingerprint density at radius 1 is 1.24 bits per heavy atom. The third-order valence-corrected chi connectivity index (χ3v) is 4.53. The van der Waals surface area contributed by atoms with Gasteiger partial charge >= 0.3 is 0 Å². The van der Waals surface area contributed by atoms with Crippen molar-refractivity contribution in [2.45, 2.75) is 6.92 Å². The van der Waals surface area contributed by atoms with Gasteiger partial charge in [-0.3, -0.25) is 14.9 Å².